The van der Waals surface area contributed by atoms with Crippen LogP contribution in [0, 0.1) is 0 Å². The number of halogens is 3. The van der Waals surface area contributed by atoms with Crippen LogP contribution in [0.5, 0.6) is 0 Å². The molecule has 4 heterocycles. The first kappa shape index (κ1) is 60.1. The molecule has 10 rings (SSSR count). The van der Waals surface area contributed by atoms with Crippen LogP contribution in [-0.4, -0.2) is 75.9 Å². The highest BCUT2D eigenvalue weighted by atomic mass is 79.9. The van der Waals surface area contributed by atoms with Crippen LogP contribution in [-0.2, 0) is 19.9 Å². The molecule has 420 valence electrons. The standard InChI is InChI=1S/C29H26ClN5O3S.C21H17BrClN5O.C7H10BNO4S/c1-3-39(37,38)22-13-7-9-19(15-22)23-17-32-29(31)34-27(23)33-18(2)25-16-20-10-8-14-24(30)26(20)28(36)35(25)21-11-5-4-6-12-21;1-12(26-19-15(22)11-25-21(24)27-19)17-10-13-6-5-9-16(23)18(13)20(29)28(17)14-7-3-2-4-8-14;1-9-14(12,13)7-4-2-3-6(5-7)8(10)11/h4-18H,3H2,1-2H3,(H3,31,32,33,34);2-12H,1H3,(H3,24,25,26,27);2-5,9-11H,1H3/t18-;12-;/m00./s1. The van der Waals surface area contributed by atoms with Gasteiger partial charge in [-0.15, -0.1) is 0 Å². The Balaban J connectivity index is 0.000000179. The summed E-state index contributed by atoms with van der Waals surface area (Å²) < 4.78 is 53.7. The lowest BCUT2D eigenvalue weighted by molar-refractivity contribution is 0.425. The third kappa shape index (κ3) is 13.5. The summed E-state index contributed by atoms with van der Waals surface area (Å²) in [7, 11) is -7.32. The van der Waals surface area contributed by atoms with Gasteiger partial charge in [0.05, 0.1) is 52.9 Å². The van der Waals surface area contributed by atoms with E-state index in [9.17, 15) is 26.4 Å². The number of nitrogens with one attached hydrogen (secondary N) is 3. The quantitative estimate of drug-likeness (QED) is 0.0500. The molecule has 19 nitrogen and oxygen atoms in total. The fourth-order valence-corrected chi connectivity index (χ4v) is 11.3. The third-order valence-corrected chi connectivity index (χ3v) is 17.2. The molecular weight excluding hydrogens is 1190 g/mol. The second kappa shape index (κ2) is 25.9. The van der Waals surface area contributed by atoms with E-state index in [4.69, 9.17) is 44.7 Å². The number of hydrogen-bond donors (Lipinski definition) is 7. The highest BCUT2D eigenvalue weighted by molar-refractivity contribution is 9.10. The van der Waals surface area contributed by atoms with Gasteiger partial charge >= 0.3 is 7.12 Å². The third-order valence-electron chi connectivity index (χ3n) is 12.9. The number of rotatable bonds is 14. The van der Waals surface area contributed by atoms with E-state index in [0.29, 0.717) is 64.8 Å². The fraction of sp³-hybridized carbons (Fsp3) is 0.123. The molecule has 9 N–H and O–H groups in total. The second-order valence-corrected chi connectivity index (χ2v) is 24.1. The maximum atomic E-state index is 13.8. The number of sulfonamides is 1. The van der Waals surface area contributed by atoms with Crippen molar-refractivity contribution >= 4 is 117 Å². The minimum atomic E-state index is -3.53. The highest BCUT2D eigenvalue weighted by Gasteiger charge is 2.23. The minimum absolute atomic E-state index is 0.00519. The Hall–Kier alpha value is -8.00. The number of aromatic nitrogens is 6. The van der Waals surface area contributed by atoms with E-state index in [1.54, 1.807) is 70.9 Å². The molecule has 0 spiro atoms. The Bertz CT molecular complexity index is 4340. The van der Waals surface area contributed by atoms with Gasteiger partial charge in [0, 0.05) is 40.7 Å². The average Bonchev–Trinajstić information content (AvgIpc) is 3.53. The van der Waals surface area contributed by atoms with Crippen molar-refractivity contribution in [3.63, 3.8) is 0 Å². The molecule has 0 aliphatic carbocycles. The van der Waals surface area contributed by atoms with Crippen LogP contribution in [0.1, 0.15) is 44.2 Å². The van der Waals surface area contributed by atoms with Gasteiger partial charge in [-0.3, -0.25) is 18.7 Å². The van der Waals surface area contributed by atoms with Crippen LogP contribution in [0.15, 0.2) is 194 Å². The molecule has 2 atom stereocenters. The molecule has 6 aromatic carbocycles. The molecule has 0 unspecified atom stereocenters. The molecule has 0 radical (unpaired) electrons. The zero-order chi connectivity index (χ0) is 59.0. The highest BCUT2D eigenvalue weighted by Crippen LogP contribution is 2.34. The van der Waals surface area contributed by atoms with E-state index >= 15 is 0 Å². The van der Waals surface area contributed by atoms with Gasteiger partial charge in [-0.2, -0.15) is 9.97 Å². The number of anilines is 4. The van der Waals surface area contributed by atoms with Crippen molar-refractivity contribution in [1.29, 1.82) is 0 Å². The van der Waals surface area contributed by atoms with E-state index in [1.165, 1.54) is 31.3 Å². The zero-order valence-electron chi connectivity index (χ0n) is 44.2. The molecule has 0 aliphatic heterocycles. The van der Waals surface area contributed by atoms with Crippen molar-refractivity contribution in [2.45, 2.75) is 42.6 Å². The predicted octanol–water partition coefficient (Wildman–Crippen LogP) is 8.88. The van der Waals surface area contributed by atoms with Crippen LogP contribution in [0.3, 0.4) is 0 Å². The first-order chi connectivity index (χ1) is 39.1. The fourth-order valence-electron chi connectivity index (χ4n) is 8.74. The minimum Gasteiger partial charge on any atom is -0.423 e. The number of benzene rings is 6. The molecule has 0 saturated heterocycles. The Kier molecular flexibility index (Phi) is 18.9. The number of nitrogens with two attached hydrogens (primary N) is 2. The largest absolute Gasteiger partial charge is 0.488 e. The number of fused-ring (bicyclic) bond motifs is 2. The number of hydrogen-bond acceptors (Lipinski definition) is 16. The van der Waals surface area contributed by atoms with Crippen molar-refractivity contribution in [1.82, 2.24) is 33.8 Å². The van der Waals surface area contributed by atoms with Crippen LogP contribution in [0.4, 0.5) is 23.5 Å². The summed E-state index contributed by atoms with van der Waals surface area (Å²) in [6.45, 7) is 5.46. The smallest absolute Gasteiger partial charge is 0.423 e. The van der Waals surface area contributed by atoms with Gasteiger partial charge in [-0.25, -0.2) is 31.5 Å². The summed E-state index contributed by atoms with van der Waals surface area (Å²) in [6, 6.07) is 44.8. The summed E-state index contributed by atoms with van der Waals surface area (Å²) in [4.78, 5) is 44.2. The predicted molar refractivity (Wildman–Crippen MR) is 329 cm³/mol. The lowest BCUT2D eigenvalue weighted by atomic mass is 9.80. The van der Waals surface area contributed by atoms with Crippen LogP contribution < -0.4 is 43.4 Å². The van der Waals surface area contributed by atoms with Crippen molar-refractivity contribution in [2.75, 3.05) is 34.9 Å². The van der Waals surface area contributed by atoms with Gasteiger partial charge < -0.3 is 32.1 Å². The Morgan fingerprint density at radius 1 is 0.622 bits per heavy atom. The van der Waals surface area contributed by atoms with Gasteiger partial charge in [0.1, 0.15) is 11.6 Å². The van der Waals surface area contributed by atoms with E-state index in [-0.39, 0.29) is 50.1 Å². The molecule has 0 saturated carbocycles. The Morgan fingerprint density at radius 2 is 1.10 bits per heavy atom. The summed E-state index contributed by atoms with van der Waals surface area (Å²) in [5.41, 5.74) is 15.5. The molecule has 0 bridgehead atoms. The summed E-state index contributed by atoms with van der Waals surface area (Å²) in [5.74, 6) is 1.15. The van der Waals surface area contributed by atoms with Crippen LogP contribution in [0.25, 0.3) is 44.0 Å². The van der Waals surface area contributed by atoms with Crippen molar-refractivity contribution in [3.8, 4) is 22.5 Å². The number of sulfone groups is 1. The van der Waals surface area contributed by atoms with Gasteiger partial charge in [0.15, 0.2) is 9.84 Å². The second-order valence-electron chi connectivity index (χ2n) is 18.2. The Labute approximate surface area is 490 Å². The number of nitrogens with zero attached hydrogens (tertiary/aromatic N) is 6. The summed E-state index contributed by atoms with van der Waals surface area (Å²) in [5, 5.41) is 27.6. The van der Waals surface area contributed by atoms with Gasteiger partial charge in [0.25, 0.3) is 11.1 Å². The van der Waals surface area contributed by atoms with E-state index in [0.717, 1.165) is 16.8 Å². The lowest BCUT2D eigenvalue weighted by Crippen LogP contribution is -2.31. The molecule has 0 fully saturated rings. The Morgan fingerprint density at radius 3 is 1.61 bits per heavy atom. The molecule has 4 aromatic heterocycles. The average molecular weight is 1250 g/mol. The zero-order valence-corrected chi connectivity index (χ0v) is 49.0. The summed E-state index contributed by atoms with van der Waals surface area (Å²) >= 11 is 16.2. The van der Waals surface area contributed by atoms with Crippen molar-refractivity contribution in [2.24, 2.45) is 0 Å². The first-order valence-corrected chi connectivity index (χ1v) is 29.8. The van der Waals surface area contributed by atoms with E-state index in [1.807, 2.05) is 105 Å². The molecule has 10 aromatic rings. The van der Waals surface area contributed by atoms with E-state index < -0.39 is 33.0 Å². The van der Waals surface area contributed by atoms with Gasteiger partial charge in [0.2, 0.25) is 21.9 Å². The molecule has 0 aliphatic rings. The van der Waals surface area contributed by atoms with Crippen molar-refractivity contribution in [3.05, 3.63) is 217 Å². The van der Waals surface area contributed by atoms with Gasteiger partial charge in [-0.05, 0) is 131 Å². The van der Waals surface area contributed by atoms with Crippen LogP contribution >= 0.6 is 39.1 Å². The topological polar surface area (TPSA) is 292 Å². The maximum absolute atomic E-state index is 13.8. The SMILES string of the molecule is CCS(=O)(=O)c1cccc(-c2cnc(N)nc2N[C@@H](C)c2cc3cccc(Cl)c3c(=O)n2-c2ccccc2)c1.CNS(=O)(=O)c1cccc(B(O)O)c1.C[C@H](Nc1nc(N)ncc1Br)c1cc2cccc(Cl)c2c(=O)n1-c1ccccc1. The molecule has 82 heavy (non-hydrogen) atoms. The number of para-hydroxylation sites is 2. The lowest BCUT2D eigenvalue weighted by Gasteiger charge is -2.23. The number of pyridine rings is 2. The van der Waals surface area contributed by atoms with Gasteiger partial charge in [-0.1, -0.05) is 115 Å². The maximum Gasteiger partial charge on any atom is 0.488 e. The van der Waals surface area contributed by atoms with Crippen molar-refractivity contribution < 1.29 is 26.9 Å². The summed E-state index contributed by atoms with van der Waals surface area (Å²) in [6.07, 6.45) is 3.14. The van der Waals surface area contributed by atoms with E-state index in [2.05, 4.69) is 51.2 Å². The first-order valence-electron chi connectivity index (χ1n) is 25.1. The molecule has 0 amide bonds. The molecule has 25 heteroatoms. The van der Waals surface area contributed by atoms with Crippen LogP contribution in [0.2, 0.25) is 10.0 Å². The monoisotopic (exact) mass is 1240 g/mol. The normalized spacial score (nSPS) is 12.1. The number of nitrogen functional groups attached to an aromatic ring is 2. The molecular formula is C57H53BBrCl2N11O8S2.